The molecule has 1 heterocycles. The standard InChI is InChI=1S/C38H49N5O5/c1-25-21-43(26(2)24-44)36(45)20-30-19-31(40-37(46)28-9-5-4-6-10-28)17-18-34(30)48-35(25)23-42(3)22-27-13-15-29(16-14-27)38(47)41-33-12-8-7-11-32(33)39/h7-8,11-19,25-26,28,35,44H,4-6,9-10,20-24,39H2,1-3H3,(H,40,46)(H,41,47)/t25-,26-,35+/m1/s1. The summed E-state index contributed by atoms with van der Waals surface area (Å²) < 4.78 is 6.68. The summed E-state index contributed by atoms with van der Waals surface area (Å²) in [4.78, 5) is 43.3. The second kappa shape index (κ2) is 16.1. The molecular formula is C38H49N5O5. The van der Waals surface area contributed by atoms with Crippen molar-refractivity contribution in [2.45, 2.75) is 71.1 Å². The third-order valence-corrected chi connectivity index (χ3v) is 9.53. The quantitative estimate of drug-likeness (QED) is 0.217. The molecule has 5 N–H and O–H groups in total. The van der Waals surface area contributed by atoms with Crippen molar-refractivity contribution in [1.29, 1.82) is 0 Å². The van der Waals surface area contributed by atoms with Crippen molar-refractivity contribution >= 4 is 34.8 Å². The van der Waals surface area contributed by atoms with Crippen LogP contribution in [0.1, 0.15) is 67.4 Å². The normalized spacial score (nSPS) is 19.4. The van der Waals surface area contributed by atoms with Crippen molar-refractivity contribution < 1.29 is 24.2 Å². The Morgan fingerprint density at radius 2 is 1.77 bits per heavy atom. The number of fused-ring (bicyclic) bond motifs is 1. The molecule has 3 aromatic carbocycles. The number of hydrogen-bond acceptors (Lipinski definition) is 7. The summed E-state index contributed by atoms with van der Waals surface area (Å²) in [5, 5.41) is 15.9. The number of nitrogens with one attached hydrogen (secondary N) is 2. The van der Waals surface area contributed by atoms with E-state index in [-0.39, 0.29) is 54.7 Å². The average Bonchev–Trinajstić information content (AvgIpc) is 3.13. The maximum Gasteiger partial charge on any atom is 0.255 e. The van der Waals surface area contributed by atoms with E-state index in [4.69, 9.17) is 10.5 Å². The molecule has 1 aliphatic heterocycles. The fourth-order valence-electron chi connectivity index (χ4n) is 6.58. The first kappa shape index (κ1) is 34.9. The van der Waals surface area contributed by atoms with E-state index >= 15 is 0 Å². The van der Waals surface area contributed by atoms with Gasteiger partial charge < -0.3 is 31.1 Å². The van der Waals surface area contributed by atoms with E-state index in [0.717, 1.165) is 31.2 Å². The van der Waals surface area contributed by atoms with Gasteiger partial charge in [-0.1, -0.05) is 50.5 Å². The topological polar surface area (TPSA) is 137 Å². The molecule has 0 bridgehead atoms. The van der Waals surface area contributed by atoms with Crippen LogP contribution in [0, 0.1) is 11.8 Å². The van der Waals surface area contributed by atoms with Gasteiger partial charge in [-0.05, 0) is 74.8 Å². The van der Waals surface area contributed by atoms with E-state index in [1.807, 2.05) is 56.4 Å². The SMILES string of the molecule is C[C@@H]1CN([C@H](C)CO)C(=O)Cc2cc(NC(=O)C3CCCCC3)ccc2O[C@H]1CN(C)Cc1ccc(C(=O)Nc2ccccc2N)cc1. The highest BCUT2D eigenvalue weighted by atomic mass is 16.5. The number of amides is 3. The Hall–Kier alpha value is -4.41. The fraction of sp³-hybridized carbons (Fsp3) is 0.447. The average molecular weight is 656 g/mol. The van der Waals surface area contributed by atoms with Crippen LogP contribution < -0.4 is 21.1 Å². The van der Waals surface area contributed by atoms with Crippen LogP contribution in [-0.4, -0.2) is 71.5 Å². The molecule has 3 atom stereocenters. The van der Waals surface area contributed by atoms with Crippen LogP contribution >= 0.6 is 0 Å². The molecule has 10 nitrogen and oxygen atoms in total. The molecule has 10 heteroatoms. The lowest BCUT2D eigenvalue weighted by atomic mass is 9.88. The smallest absolute Gasteiger partial charge is 0.255 e. The molecule has 2 aliphatic rings. The van der Waals surface area contributed by atoms with Crippen molar-refractivity contribution in [3.05, 3.63) is 83.4 Å². The Kier molecular flexibility index (Phi) is 11.7. The minimum atomic E-state index is -0.344. The van der Waals surface area contributed by atoms with Crippen LogP contribution in [0.15, 0.2) is 66.7 Å². The Morgan fingerprint density at radius 3 is 2.48 bits per heavy atom. The van der Waals surface area contributed by atoms with Gasteiger partial charge in [-0.3, -0.25) is 19.3 Å². The van der Waals surface area contributed by atoms with Gasteiger partial charge in [-0.15, -0.1) is 0 Å². The molecule has 0 aromatic heterocycles. The number of rotatable bonds is 10. The highest BCUT2D eigenvalue weighted by molar-refractivity contribution is 6.05. The molecule has 1 saturated carbocycles. The Labute approximate surface area is 283 Å². The number of nitrogens with two attached hydrogens (primary N) is 1. The van der Waals surface area contributed by atoms with E-state index < -0.39 is 0 Å². The van der Waals surface area contributed by atoms with Crippen molar-refractivity contribution in [2.24, 2.45) is 11.8 Å². The van der Waals surface area contributed by atoms with Crippen molar-refractivity contribution in [1.82, 2.24) is 9.80 Å². The number of hydrogen-bond donors (Lipinski definition) is 4. The number of nitrogen functional groups attached to an aromatic ring is 1. The number of anilines is 3. The highest BCUT2D eigenvalue weighted by Gasteiger charge is 2.31. The molecule has 48 heavy (non-hydrogen) atoms. The number of carbonyl (C=O) groups is 3. The maximum atomic E-state index is 13.6. The van der Waals surface area contributed by atoms with Gasteiger partial charge in [-0.25, -0.2) is 0 Å². The number of para-hydroxylation sites is 2. The van der Waals surface area contributed by atoms with Crippen molar-refractivity contribution in [2.75, 3.05) is 43.1 Å². The van der Waals surface area contributed by atoms with Crippen LogP contribution in [0.2, 0.25) is 0 Å². The van der Waals surface area contributed by atoms with E-state index in [2.05, 4.69) is 22.5 Å². The number of benzene rings is 3. The number of ether oxygens (including phenoxy) is 1. The monoisotopic (exact) mass is 655 g/mol. The van der Waals surface area contributed by atoms with E-state index in [1.165, 1.54) is 6.42 Å². The minimum absolute atomic E-state index is 0.0190. The zero-order valence-electron chi connectivity index (χ0n) is 28.3. The molecule has 0 unspecified atom stereocenters. The predicted octanol–water partition coefficient (Wildman–Crippen LogP) is 5.32. The lowest BCUT2D eigenvalue weighted by Gasteiger charge is -2.34. The van der Waals surface area contributed by atoms with Gasteiger partial charge in [0.25, 0.3) is 5.91 Å². The van der Waals surface area contributed by atoms with Gasteiger partial charge in [0.1, 0.15) is 11.9 Å². The first-order chi connectivity index (χ1) is 23.1. The largest absolute Gasteiger partial charge is 0.488 e. The summed E-state index contributed by atoms with van der Waals surface area (Å²) in [6, 6.07) is 19.9. The number of carbonyl (C=O) groups excluding carboxylic acids is 3. The Bertz CT molecular complexity index is 1570. The first-order valence-corrected chi connectivity index (χ1v) is 17.1. The summed E-state index contributed by atoms with van der Waals surface area (Å²) in [6.07, 6.45) is 4.98. The summed E-state index contributed by atoms with van der Waals surface area (Å²) in [5.41, 5.74) is 10.0. The van der Waals surface area contributed by atoms with Crippen LogP contribution in [0.4, 0.5) is 17.1 Å². The van der Waals surface area contributed by atoms with Crippen LogP contribution in [-0.2, 0) is 22.6 Å². The summed E-state index contributed by atoms with van der Waals surface area (Å²) in [5.74, 6) is 0.314. The van der Waals surface area contributed by atoms with Crippen molar-refractivity contribution in [3.8, 4) is 5.75 Å². The van der Waals surface area contributed by atoms with Crippen molar-refractivity contribution in [3.63, 3.8) is 0 Å². The fourth-order valence-corrected chi connectivity index (χ4v) is 6.58. The van der Waals surface area contributed by atoms with Gasteiger partial charge in [0.15, 0.2) is 0 Å². The number of likely N-dealkylation sites (N-methyl/N-ethyl adjacent to an activating group) is 1. The Morgan fingerprint density at radius 1 is 1.04 bits per heavy atom. The maximum absolute atomic E-state index is 13.6. The van der Waals surface area contributed by atoms with Gasteiger partial charge in [0.05, 0.1) is 30.4 Å². The van der Waals surface area contributed by atoms with Gasteiger partial charge >= 0.3 is 0 Å². The van der Waals surface area contributed by atoms with Crippen LogP contribution in [0.25, 0.3) is 0 Å². The zero-order valence-corrected chi connectivity index (χ0v) is 28.3. The molecule has 0 saturated heterocycles. The molecule has 3 aromatic rings. The summed E-state index contributed by atoms with van der Waals surface area (Å²) >= 11 is 0. The minimum Gasteiger partial charge on any atom is -0.488 e. The molecule has 0 spiro atoms. The molecule has 3 amide bonds. The van der Waals surface area contributed by atoms with Crippen LogP contribution in [0.5, 0.6) is 5.75 Å². The predicted molar refractivity (Wildman–Crippen MR) is 189 cm³/mol. The van der Waals surface area contributed by atoms with Gasteiger partial charge in [0.2, 0.25) is 11.8 Å². The van der Waals surface area contributed by atoms with E-state index in [0.29, 0.717) is 53.6 Å². The van der Waals surface area contributed by atoms with Gasteiger partial charge in [0, 0.05) is 48.3 Å². The molecule has 1 fully saturated rings. The molecule has 256 valence electrons. The molecule has 5 rings (SSSR count). The second-order valence-corrected chi connectivity index (χ2v) is 13.5. The zero-order chi connectivity index (χ0) is 34.2. The summed E-state index contributed by atoms with van der Waals surface area (Å²) in [6.45, 7) is 5.42. The molecule has 0 radical (unpaired) electrons. The Balaban J connectivity index is 1.29. The number of aliphatic hydroxyl groups excluding tert-OH is 1. The lowest BCUT2D eigenvalue weighted by molar-refractivity contribution is -0.134. The molecular weight excluding hydrogens is 606 g/mol. The van der Waals surface area contributed by atoms with Crippen LogP contribution in [0.3, 0.4) is 0 Å². The van der Waals surface area contributed by atoms with E-state index in [1.54, 1.807) is 29.2 Å². The number of aliphatic hydroxyl groups is 1. The third kappa shape index (κ3) is 8.93. The highest BCUT2D eigenvalue weighted by Crippen LogP contribution is 2.31. The second-order valence-electron chi connectivity index (χ2n) is 13.5. The van der Waals surface area contributed by atoms with E-state index in [9.17, 15) is 19.5 Å². The molecule has 1 aliphatic carbocycles. The summed E-state index contributed by atoms with van der Waals surface area (Å²) in [7, 11) is 2.02. The first-order valence-electron chi connectivity index (χ1n) is 17.1. The third-order valence-electron chi connectivity index (χ3n) is 9.53. The van der Waals surface area contributed by atoms with Gasteiger partial charge in [-0.2, -0.15) is 0 Å². The lowest BCUT2D eigenvalue weighted by Crippen LogP contribution is -2.47. The number of nitrogens with zero attached hydrogens (tertiary/aromatic N) is 2.